The minimum atomic E-state index is -1.16. The Morgan fingerprint density at radius 2 is 1.50 bits per heavy atom. The van der Waals surface area contributed by atoms with Crippen LogP contribution in [0, 0.1) is 0 Å². The Kier molecular flexibility index (Phi) is 7.43. The van der Waals surface area contributed by atoms with E-state index in [1.165, 1.54) is 12.1 Å². The summed E-state index contributed by atoms with van der Waals surface area (Å²) in [6.07, 6.45) is 3.19. The van der Waals surface area contributed by atoms with E-state index in [2.05, 4.69) is 10.3 Å². The van der Waals surface area contributed by atoms with Crippen LogP contribution in [0.3, 0.4) is 0 Å². The van der Waals surface area contributed by atoms with Crippen molar-refractivity contribution in [2.75, 3.05) is 5.32 Å². The molecule has 0 unspecified atom stereocenters. The van der Waals surface area contributed by atoms with Gasteiger partial charge in [0.1, 0.15) is 5.75 Å². The molecule has 6 nitrogen and oxygen atoms in total. The van der Waals surface area contributed by atoms with Gasteiger partial charge in [0.25, 0.3) is 5.91 Å². The maximum Gasteiger partial charge on any atom is 1.00 e. The van der Waals surface area contributed by atoms with E-state index < -0.39 is 11.9 Å². The SMILES string of the molecule is O=C(O)c1ccc(-c2ccccc2)cc1NC(=O)c1cccc(-c2ccncc2)c1O.[H-].[Na+]. The van der Waals surface area contributed by atoms with Crippen molar-refractivity contribution in [1.82, 2.24) is 4.98 Å². The van der Waals surface area contributed by atoms with Gasteiger partial charge < -0.3 is 17.0 Å². The van der Waals surface area contributed by atoms with Gasteiger partial charge in [-0.15, -0.1) is 0 Å². The van der Waals surface area contributed by atoms with Crippen LogP contribution in [0.25, 0.3) is 22.3 Å². The minimum Gasteiger partial charge on any atom is -1.00 e. The summed E-state index contributed by atoms with van der Waals surface area (Å²) in [6.45, 7) is 0. The fourth-order valence-electron chi connectivity index (χ4n) is 3.33. The molecule has 0 spiro atoms. The number of anilines is 1. The molecular weight excluding hydrogens is 415 g/mol. The van der Waals surface area contributed by atoms with Crippen LogP contribution in [0.4, 0.5) is 5.69 Å². The number of nitrogens with zero attached hydrogens (tertiary/aromatic N) is 1. The first kappa shape index (κ1) is 23.2. The van der Waals surface area contributed by atoms with Gasteiger partial charge in [0.15, 0.2) is 0 Å². The molecule has 0 saturated heterocycles. The Morgan fingerprint density at radius 1 is 0.781 bits per heavy atom. The van der Waals surface area contributed by atoms with Gasteiger partial charge >= 0.3 is 35.5 Å². The van der Waals surface area contributed by atoms with Crippen LogP contribution in [-0.4, -0.2) is 27.1 Å². The number of phenolic OH excluding ortho intramolecular Hbond substituents is 1. The molecule has 0 aliphatic carbocycles. The summed E-state index contributed by atoms with van der Waals surface area (Å²) in [5.74, 6) is -1.96. The van der Waals surface area contributed by atoms with Crippen molar-refractivity contribution >= 4 is 17.6 Å². The molecule has 154 valence electrons. The molecule has 1 aromatic heterocycles. The zero-order chi connectivity index (χ0) is 21.8. The normalized spacial score (nSPS) is 10.1. The number of benzene rings is 3. The van der Waals surface area contributed by atoms with Crippen molar-refractivity contribution in [3.63, 3.8) is 0 Å². The molecule has 1 amide bonds. The number of hydrogen-bond donors (Lipinski definition) is 3. The van der Waals surface area contributed by atoms with Crippen molar-refractivity contribution in [2.45, 2.75) is 0 Å². The molecule has 32 heavy (non-hydrogen) atoms. The summed E-state index contributed by atoms with van der Waals surface area (Å²) < 4.78 is 0. The van der Waals surface area contributed by atoms with Gasteiger partial charge in [-0.2, -0.15) is 0 Å². The summed E-state index contributed by atoms with van der Waals surface area (Å²) >= 11 is 0. The third-order valence-corrected chi connectivity index (χ3v) is 4.88. The number of aromatic nitrogens is 1. The first-order chi connectivity index (χ1) is 15.0. The predicted molar refractivity (Wildman–Crippen MR) is 119 cm³/mol. The molecule has 0 aliphatic rings. The zero-order valence-electron chi connectivity index (χ0n) is 18.3. The Bertz CT molecular complexity index is 1270. The molecule has 0 fully saturated rings. The molecule has 0 atom stereocenters. The van der Waals surface area contributed by atoms with Crippen LogP contribution < -0.4 is 34.9 Å². The van der Waals surface area contributed by atoms with Crippen LogP contribution in [0.5, 0.6) is 5.75 Å². The monoisotopic (exact) mass is 434 g/mol. The molecule has 3 N–H and O–H groups in total. The van der Waals surface area contributed by atoms with Crippen LogP contribution in [0.2, 0.25) is 0 Å². The fraction of sp³-hybridized carbons (Fsp3) is 0. The number of carboxylic acid groups (broad SMARTS) is 1. The summed E-state index contributed by atoms with van der Waals surface area (Å²) in [6, 6.07) is 22.5. The number of nitrogens with one attached hydrogen (secondary N) is 1. The van der Waals surface area contributed by atoms with Gasteiger partial charge in [-0.3, -0.25) is 9.78 Å². The predicted octanol–water partition coefficient (Wildman–Crippen LogP) is 2.19. The maximum absolute atomic E-state index is 13.0. The van der Waals surface area contributed by atoms with Crippen molar-refractivity contribution in [3.8, 4) is 28.0 Å². The molecule has 0 radical (unpaired) electrons. The number of aromatic hydroxyl groups is 1. The van der Waals surface area contributed by atoms with Gasteiger partial charge in [-0.1, -0.05) is 48.5 Å². The van der Waals surface area contributed by atoms with Gasteiger partial charge in [0, 0.05) is 18.0 Å². The van der Waals surface area contributed by atoms with E-state index in [0.29, 0.717) is 11.1 Å². The number of carbonyl (C=O) groups excluding carboxylic acids is 1. The molecule has 4 aromatic rings. The van der Waals surface area contributed by atoms with Crippen molar-refractivity contribution in [2.24, 2.45) is 0 Å². The number of carbonyl (C=O) groups is 2. The van der Waals surface area contributed by atoms with Gasteiger partial charge in [-0.25, -0.2) is 4.79 Å². The van der Waals surface area contributed by atoms with E-state index in [4.69, 9.17) is 0 Å². The molecule has 0 saturated carbocycles. The Morgan fingerprint density at radius 3 is 2.19 bits per heavy atom. The van der Waals surface area contributed by atoms with Gasteiger partial charge in [0.2, 0.25) is 0 Å². The number of pyridine rings is 1. The molecule has 1 heterocycles. The van der Waals surface area contributed by atoms with Crippen molar-refractivity contribution in [3.05, 3.63) is 102 Å². The smallest absolute Gasteiger partial charge is 1.00 e. The van der Waals surface area contributed by atoms with Crippen molar-refractivity contribution < 1.29 is 50.8 Å². The first-order valence-electron chi connectivity index (χ1n) is 9.51. The molecular formula is C25H19N2NaO4. The van der Waals surface area contributed by atoms with Gasteiger partial charge in [-0.05, 0) is 47.0 Å². The maximum atomic E-state index is 13.0. The Labute approximate surface area is 208 Å². The van der Waals surface area contributed by atoms with E-state index in [0.717, 1.165) is 11.1 Å². The van der Waals surface area contributed by atoms with Crippen LogP contribution in [-0.2, 0) is 0 Å². The standard InChI is InChI=1S/C25H18N2O4.Na.H/c28-23-19(17-11-13-26-14-12-17)7-4-8-21(23)24(29)27-22-15-18(9-10-20(22)25(30)31)16-5-2-1-3-6-16;;/h1-15,28H,(H,27,29)(H,30,31);;/q;+1;-1. The second-order valence-corrected chi connectivity index (χ2v) is 6.82. The molecule has 0 aliphatic heterocycles. The number of carboxylic acids is 1. The van der Waals surface area contributed by atoms with Crippen molar-refractivity contribution in [1.29, 1.82) is 0 Å². The number of amides is 1. The summed E-state index contributed by atoms with van der Waals surface area (Å²) in [4.78, 5) is 28.6. The third kappa shape index (κ3) is 4.89. The van der Waals surface area contributed by atoms with E-state index >= 15 is 0 Å². The number of hydrogen-bond acceptors (Lipinski definition) is 4. The summed E-state index contributed by atoms with van der Waals surface area (Å²) in [5.41, 5.74) is 2.97. The number of phenols is 1. The minimum absolute atomic E-state index is 0. The third-order valence-electron chi connectivity index (χ3n) is 4.88. The first-order valence-corrected chi connectivity index (χ1v) is 9.51. The average molecular weight is 434 g/mol. The second kappa shape index (κ2) is 10.2. The topological polar surface area (TPSA) is 99.5 Å². The van der Waals surface area contributed by atoms with E-state index in [9.17, 15) is 19.8 Å². The molecule has 4 rings (SSSR count). The van der Waals surface area contributed by atoms with Crippen LogP contribution in [0.1, 0.15) is 22.1 Å². The molecule has 3 aromatic carbocycles. The summed E-state index contributed by atoms with van der Waals surface area (Å²) in [7, 11) is 0. The van der Waals surface area contributed by atoms with E-state index in [1.54, 1.807) is 48.8 Å². The van der Waals surface area contributed by atoms with E-state index in [1.807, 2.05) is 30.3 Å². The second-order valence-electron chi connectivity index (χ2n) is 6.82. The number of rotatable bonds is 5. The summed E-state index contributed by atoms with van der Waals surface area (Å²) in [5, 5.41) is 22.9. The molecule has 0 bridgehead atoms. The number of para-hydroxylation sites is 1. The zero-order valence-corrected chi connectivity index (χ0v) is 19.3. The number of aromatic carboxylic acids is 1. The Balaban J connectivity index is 0.00000193. The Hall–Kier alpha value is -3.45. The largest absolute Gasteiger partial charge is 1.00 e. The molecule has 7 heteroatoms. The van der Waals surface area contributed by atoms with E-state index in [-0.39, 0.29) is 53.5 Å². The quantitative estimate of drug-likeness (QED) is 0.418. The van der Waals surface area contributed by atoms with Crippen LogP contribution >= 0.6 is 0 Å². The fourth-order valence-corrected chi connectivity index (χ4v) is 3.33. The average Bonchev–Trinajstić information content (AvgIpc) is 2.80. The van der Waals surface area contributed by atoms with Crippen LogP contribution in [0.15, 0.2) is 91.3 Å². The van der Waals surface area contributed by atoms with Gasteiger partial charge in [0.05, 0.1) is 16.8 Å².